The van der Waals surface area contributed by atoms with E-state index in [2.05, 4.69) is 0 Å². The molecule has 0 aromatic heterocycles. The highest BCUT2D eigenvalue weighted by Crippen LogP contribution is 2.27. The van der Waals surface area contributed by atoms with Gasteiger partial charge in [-0.2, -0.15) is 0 Å². The molecule has 0 saturated carbocycles. The molecular formula is C19H18FN3O5S. The zero-order chi connectivity index (χ0) is 21.3. The fourth-order valence-corrected chi connectivity index (χ4v) is 3.66. The summed E-state index contributed by atoms with van der Waals surface area (Å²) in [5.74, 6) is -2.01. The highest BCUT2D eigenvalue weighted by atomic mass is 32.2. The van der Waals surface area contributed by atoms with Crippen LogP contribution in [0.5, 0.6) is 0 Å². The number of carbonyl (C=O) groups excluding carboxylic acids is 3. The zero-order valence-electron chi connectivity index (χ0n) is 15.4. The Morgan fingerprint density at radius 3 is 2.24 bits per heavy atom. The molecule has 0 radical (unpaired) electrons. The van der Waals surface area contributed by atoms with Crippen molar-refractivity contribution in [2.45, 2.75) is 30.8 Å². The molecule has 1 fully saturated rings. The topological polar surface area (TPSA) is 118 Å². The number of anilines is 1. The largest absolute Gasteiger partial charge is 0.326 e. The molecule has 2 N–H and O–H groups in total. The first-order valence-electron chi connectivity index (χ1n) is 8.59. The van der Waals surface area contributed by atoms with Crippen molar-refractivity contribution in [3.8, 4) is 0 Å². The molecule has 1 heterocycles. The second-order valence-corrected chi connectivity index (χ2v) is 8.16. The number of imide groups is 1. The summed E-state index contributed by atoms with van der Waals surface area (Å²) in [6, 6.07) is 9.46. The number of nitrogens with two attached hydrogens (primary N) is 1. The monoisotopic (exact) mass is 419 g/mol. The number of rotatable bonds is 5. The van der Waals surface area contributed by atoms with Crippen LogP contribution in [0.25, 0.3) is 0 Å². The zero-order valence-corrected chi connectivity index (χ0v) is 16.2. The van der Waals surface area contributed by atoms with E-state index in [0.29, 0.717) is 5.56 Å². The third-order valence-corrected chi connectivity index (χ3v) is 5.52. The molecule has 1 aliphatic heterocycles. The predicted molar refractivity (Wildman–Crippen MR) is 101 cm³/mol. The highest BCUT2D eigenvalue weighted by molar-refractivity contribution is 7.89. The molecule has 2 aromatic rings. The number of benzene rings is 2. The molecule has 3 amide bonds. The number of amides is 3. The fourth-order valence-electron chi connectivity index (χ4n) is 3.14. The van der Waals surface area contributed by atoms with Crippen molar-refractivity contribution >= 4 is 33.4 Å². The van der Waals surface area contributed by atoms with Crippen molar-refractivity contribution < 1.29 is 27.2 Å². The van der Waals surface area contributed by atoms with Crippen LogP contribution < -0.4 is 10.0 Å². The molecule has 1 aliphatic rings. The Hall–Kier alpha value is -3.11. The molecular weight excluding hydrogens is 401 g/mol. The van der Waals surface area contributed by atoms with Crippen LogP contribution in [0, 0.1) is 5.82 Å². The van der Waals surface area contributed by atoms with Crippen molar-refractivity contribution in [1.29, 1.82) is 0 Å². The lowest BCUT2D eigenvalue weighted by Gasteiger charge is -2.26. The van der Waals surface area contributed by atoms with Gasteiger partial charge in [-0.15, -0.1) is 0 Å². The first-order chi connectivity index (χ1) is 13.6. The maximum atomic E-state index is 13.1. The first kappa shape index (κ1) is 20.6. The van der Waals surface area contributed by atoms with Gasteiger partial charge in [0.25, 0.3) is 5.91 Å². The van der Waals surface area contributed by atoms with Crippen LogP contribution in [-0.4, -0.2) is 37.1 Å². The van der Waals surface area contributed by atoms with Gasteiger partial charge in [-0.25, -0.2) is 22.8 Å². The number of hydrogen-bond donors (Lipinski definition) is 1. The van der Waals surface area contributed by atoms with Crippen LogP contribution in [-0.2, 0) is 31.0 Å². The van der Waals surface area contributed by atoms with E-state index < -0.39 is 39.6 Å². The number of primary sulfonamides is 1. The van der Waals surface area contributed by atoms with Crippen LogP contribution in [0.4, 0.5) is 10.1 Å². The maximum Gasteiger partial charge on any atom is 0.257 e. The third kappa shape index (κ3) is 4.33. The van der Waals surface area contributed by atoms with Crippen molar-refractivity contribution in [3.63, 3.8) is 0 Å². The summed E-state index contributed by atoms with van der Waals surface area (Å²) >= 11 is 0. The molecule has 2 aromatic carbocycles. The van der Waals surface area contributed by atoms with Crippen LogP contribution in [0.2, 0.25) is 0 Å². The Balaban J connectivity index is 1.84. The molecule has 3 rings (SSSR count). The van der Waals surface area contributed by atoms with Crippen LogP contribution in [0.15, 0.2) is 53.4 Å². The summed E-state index contributed by atoms with van der Waals surface area (Å²) in [7, 11) is -3.85. The van der Waals surface area contributed by atoms with Crippen molar-refractivity contribution in [2.75, 3.05) is 4.90 Å². The summed E-state index contributed by atoms with van der Waals surface area (Å²) < 4.78 is 35.8. The van der Waals surface area contributed by atoms with Crippen molar-refractivity contribution in [2.24, 2.45) is 5.14 Å². The lowest BCUT2D eigenvalue weighted by Crippen LogP contribution is -2.44. The average Bonchev–Trinajstić information content (AvgIpc) is 2.94. The summed E-state index contributed by atoms with van der Waals surface area (Å²) in [6.07, 6.45) is -0.203. The number of nitrogens with zero attached hydrogens (tertiary/aromatic N) is 2. The molecule has 1 unspecified atom stereocenters. The molecule has 0 aliphatic carbocycles. The van der Waals surface area contributed by atoms with Crippen molar-refractivity contribution in [1.82, 2.24) is 4.90 Å². The molecule has 29 heavy (non-hydrogen) atoms. The molecule has 10 heteroatoms. The number of sulfonamides is 1. The third-order valence-electron chi connectivity index (χ3n) is 4.59. The Kier molecular flexibility index (Phi) is 5.49. The molecule has 1 saturated heterocycles. The van der Waals surface area contributed by atoms with Gasteiger partial charge < -0.3 is 4.90 Å². The van der Waals surface area contributed by atoms with E-state index in [9.17, 15) is 27.2 Å². The highest BCUT2D eigenvalue weighted by Gasteiger charge is 2.43. The summed E-state index contributed by atoms with van der Waals surface area (Å²) in [5.41, 5.74) is 0.790. The fraction of sp³-hybridized carbons (Fsp3) is 0.211. The van der Waals surface area contributed by atoms with Gasteiger partial charge in [-0.3, -0.25) is 14.4 Å². The van der Waals surface area contributed by atoms with E-state index in [1.165, 1.54) is 48.2 Å². The number of hydrogen-bond acceptors (Lipinski definition) is 5. The summed E-state index contributed by atoms with van der Waals surface area (Å²) in [5, 5.41) is 5.07. The molecule has 0 spiro atoms. The second kappa shape index (κ2) is 7.72. The van der Waals surface area contributed by atoms with Gasteiger partial charge in [0.2, 0.25) is 21.8 Å². The minimum absolute atomic E-state index is 0.00117. The summed E-state index contributed by atoms with van der Waals surface area (Å²) in [6.45, 7) is 1.28. The van der Waals surface area contributed by atoms with E-state index in [-0.39, 0.29) is 23.5 Å². The van der Waals surface area contributed by atoms with Crippen LogP contribution in [0.3, 0.4) is 0 Å². The van der Waals surface area contributed by atoms with Gasteiger partial charge in [-0.1, -0.05) is 12.1 Å². The maximum absolute atomic E-state index is 13.1. The van der Waals surface area contributed by atoms with E-state index in [1.54, 1.807) is 0 Å². The second-order valence-electron chi connectivity index (χ2n) is 6.60. The Morgan fingerprint density at radius 2 is 1.72 bits per heavy atom. The minimum atomic E-state index is -3.85. The number of carbonyl (C=O) groups is 3. The number of halogens is 1. The summed E-state index contributed by atoms with van der Waals surface area (Å²) in [4.78, 5) is 39.5. The predicted octanol–water partition coefficient (Wildman–Crippen LogP) is 1.15. The van der Waals surface area contributed by atoms with Crippen LogP contribution in [0.1, 0.15) is 18.9 Å². The van der Waals surface area contributed by atoms with Crippen LogP contribution >= 0.6 is 0 Å². The molecule has 0 bridgehead atoms. The van der Waals surface area contributed by atoms with Gasteiger partial charge in [0.15, 0.2) is 0 Å². The molecule has 8 nitrogen and oxygen atoms in total. The van der Waals surface area contributed by atoms with E-state index in [0.717, 1.165) is 17.0 Å². The van der Waals surface area contributed by atoms with E-state index >= 15 is 0 Å². The Bertz CT molecular complexity index is 1070. The lowest BCUT2D eigenvalue weighted by atomic mass is 10.1. The molecule has 1 atom stereocenters. The lowest BCUT2D eigenvalue weighted by molar-refractivity contribution is -0.137. The van der Waals surface area contributed by atoms with Gasteiger partial charge in [0.05, 0.1) is 17.0 Å². The molecule has 152 valence electrons. The van der Waals surface area contributed by atoms with Gasteiger partial charge in [0.1, 0.15) is 11.9 Å². The van der Waals surface area contributed by atoms with Gasteiger partial charge in [0, 0.05) is 13.5 Å². The standard InChI is InChI=1S/C19H18FN3O5S/c1-12(24)22(11-13-2-8-16(9-3-13)29(21,27)28)17-10-18(25)23(19(17)26)15-6-4-14(20)5-7-15/h2-9,17H,10-11H2,1H3,(H2,21,27,28). The van der Waals surface area contributed by atoms with Gasteiger partial charge in [-0.05, 0) is 42.0 Å². The normalized spacial score (nSPS) is 16.9. The SMILES string of the molecule is CC(=O)N(Cc1ccc(S(N)(=O)=O)cc1)C1CC(=O)N(c2ccc(F)cc2)C1=O. The smallest absolute Gasteiger partial charge is 0.257 e. The Morgan fingerprint density at radius 1 is 1.14 bits per heavy atom. The quantitative estimate of drug-likeness (QED) is 0.730. The van der Waals surface area contributed by atoms with Crippen molar-refractivity contribution in [3.05, 3.63) is 59.9 Å². The Labute approximate surface area is 166 Å². The first-order valence-corrected chi connectivity index (χ1v) is 10.1. The van der Waals surface area contributed by atoms with E-state index in [1.807, 2.05) is 0 Å². The van der Waals surface area contributed by atoms with E-state index in [4.69, 9.17) is 5.14 Å². The average molecular weight is 419 g/mol. The van der Waals surface area contributed by atoms with Gasteiger partial charge >= 0.3 is 0 Å². The minimum Gasteiger partial charge on any atom is -0.326 e.